The molecule has 3 N–H and O–H groups in total. The Balaban J connectivity index is 2.68. The van der Waals surface area contributed by atoms with Crippen LogP contribution in [0.25, 0.3) is 0 Å². The Hall–Kier alpha value is -1.58. The Morgan fingerprint density at radius 1 is 1.53 bits per heavy atom. The monoisotopic (exact) mass is 209 g/mol. The molecule has 3 nitrogen and oxygen atoms in total. The van der Waals surface area contributed by atoms with E-state index in [9.17, 15) is 4.39 Å². The fourth-order valence-electron chi connectivity index (χ4n) is 1.14. The second-order valence-corrected chi connectivity index (χ2v) is 3.36. The zero-order valence-electron chi connectivity index (χ0n) is 9.05. The Kier molecular flexibility index (Phi) is 4.09. The van der Waals surface area contributed by atoms with Crippen LogP contribution in [0.3, 0.4) is 0 Å². The first-order valence-corrected chi connectivity index (χ1v) is 4.96. The second kappa shape index (κ2) is 5.34. The molecule has 1 aromatic carbocycles. The van der Waals surface area contributed by atoms with Crippen molar-refractivity contribution in [3.63, 3.8) is 0 Å². The molecule has 0 amide bonds. The summed E-state index contributed by atoms with van der Waals surface area (Å²) in [5.74, 6) is 0.146. The van der Waals surface area contributed by atoms with E-state index in [4.69, 9.17) is 5.73 Å². The van der Waals surface area contributed by atoms with Crippen molar-refractivity contribution in [2.75, 3.05) is 11.9 Å². The summed E-state index contributed by atoms with van der Waals surface area (Å²) in [6.45, 7) is 4.43. The van der Waals surface area contributed by atoms with E-state index in [0.717, 1.165) is 12.1 Å². The van der Waals surface area contributed by atoms with Crippen molar-refractivity contribution in [1.29, 1.82) is 0 Å². The molecule has 0 aliphatic carbocycles. The zero-order chi connectivity index (χ0) is 11.3. The molecule has 0 spiro atoms. The molecule has 0 heterocycles. The van der Waals surface area contributed by atoms with E-state index in [0.29, 0.717) is 18.1 Å². The molecule has 0 atom stereocenters. The summed E-state index contributed by atoms with van der Waals surface area (Å²) in [4.78, 5) is 4.08. The third-order valence-corrected chi connectivity index (χ3v) is 1.94. The lowest BCUT2D eigenvalue weighted by Gasteiger charge is -2.06. The van der Waals surface area contributed by atoms with Crippen molar-refractivity contribution < 1.29 is 4.39 Å². The maximum Gasteiger partial charge on any atom is 0.193 e. The lowest BCUT2D eigenvalue weighted by molar-refractivity contribution is 0.619. The maximum absolute atomic E-state index is 12.9. The summed E-state index contributed by atoms with van der Waals surface area (Å²) >= 11 is 0. The number of nitrogens with zero attached hydrogens (tertiary/aromatic N) is 1. The van der Waals surface area contributed by atoms with Gasteiger partial charge in [-0.2, -0.15) is 0 Å². The lowest BCUT2D eigenvalue weighted by Crippen LogP contribution is -2.22. The molecule has 0 fully saturated rings. The van der Waals surface area contributed by atoms with Gasteiger partial charge < -0.3 is 11.1 Å². The summed E-state index contributed by atoms with van der Waals surface area (Å²) in [6.07, 6.45) is 0.949. The van der Waals surface area contributed by atoms with Crippen LogP contribution in [-0.2, 0) is 0 Å². The highest BCUT2D eigenvalue weighted by atomic mass is 19.1. The number of hydrogen-bond donors (Lipinski definition) is 2. The van der Waals surface area contributed by atoms with Crippen molar-refractivity contribution >= 4 is 11.6 Å². The average Bonchev–Trinajstić information content (AvgIpc) is 2.20. The van der Waals surface area contributed by atoms with Gasteiger partial charge in [-0.3, -0.25) is 4.99 Å². The predicted molar refractivity (Wildman–Crippen MR) is 61.5 cm³/mol. The van der Waals surface area contributed by atoms with Gasteiger partial charge in [-0.05, 0) is 37.1 Å². The number of guanidine groups is 1. The van der Waals surface area contributed by atoms with Gasteiger partial charge >= 0.3 is 0 Å². The number of benzene rings is 1. The number of halogens is 1. The quantitative estimate of drug-likeness (QED) is 0.592. The van der Waals surface area contributed by atoms with Gasteiger partial charge in [0.25, 0.3) is 0 Å². The van der Waals surface area contributed by atoms with E-state index in [2.05, 4.69) is 10.3 Å². The molecule has 0 saturated carbocycles. The number of nitrogens with two attached hydrogens (primary N) is 1. The SMILES string of the molecule is CCCN=C(N)Nc1ccc(F)c(C)c1. The topological polar surface area (TPSA) is 50.4 Å². The van der Waals surface area contributed by atoms with Gasteiger partial charge in [0, 0.05) is 12.2 Å². The van der Waals surface area contributed by atoms with Crippen molar-refractivity contribution in [3.05, 3.63) is 29.6 Å². The van der Waals surface area contributed by atoms with Crippen LogP contribution in [0, 0.1) is 12.7 Å². The summed E-state index contributed by atoms with van der Waals surface area (Å²) in [5.41, 5.74) is 6.97. The van der Waals surface area contributed by atoms with Gasteiger partial charge in [0.05, 0.1) is 0 Å². The Morgan fingerprint density at radius 2 is 2.27 bits per heavy atom. The summed E-state index contributed by atoms with van der Waals surface area (Å²) in [7, 11) is 0. The standard InChI is InChI=1S/C11H16FN3/c1-3-6-14-11(13)15-9-4-5-10(12)8(2)7-9/h4-5,7H,3,6H2,1-2H3,(H3,13,14,15). The Bertz CT molecular complexity index is 361. The van der Waals surface area contributed by atoms with Gasteiger partial charge in [-0.15, -0.1) is 0 Å². The first kappa shape index (κ1) is 11.5. The largest absolute Gasteiger partial charge is 0.370 e. The maximum atomic E-state index is 12.9. The first-order chi connectivity index (χ1) is 7.13. The van der Waals surface area contributed by atoms with Gasteiger partial charge in [-0.25, -0.2) is 4.39 Å². The summed E-state index contributed by atoms with van der Waals surface area (Å²) in [5, 5.41) is 2.91. The minimum Gasteiger partial charge on any atom is -0.370 e. The fraction of sp³-hybridized carbons (Fsp3) is 0.364. The van der Waals surface area contributed by atoms with Crippen molar-refractivity contribution in [3.8, 4) is 0 Å². The molecule has 0 saturated heterocycles. The van der Waals surface area contributed by atoms with Crippen molar-refractivity contribution in [2.45, 2.75) is 20.3 Å². The highest BCUT2D eigenvalue weighted by molar-refractivity contribution is 5.92. The van der Waals surface area contributed by atoms with Gasteiger partial charge in [0.15, 0.2) is 5.96 Å². The van der Waals surface area contributed by atoms with Crippen molar-refractivity contribution in [2.24, 2.45) is 10.7 Å². The minimum absolute atomic E-state index is 0.218. The minimum atomic E-state index is -0.218. The van der Waals surface area contributed by atoms with E-state index < -0.39 is 0 Å². The van der Waals surface area contributed by atoms with Crippen LogP contribution in [0.5, 0.6) is 0 Å². The van der Waals surface area contributed by atoms with E-state index >= 15 is 0 Å². The second-order valence-electron chi connectivity index (χ2n) is 3.36. The number of nitrogens with one attached hydrogen (secondary N) is 1. The molecule has 1 aromatic rings. The van der Waals surface area contributed by atoms with E-state index in [1.807, 2.05) is 6.92 Å². The van der Waals surface area contributed by atoms with Gasteiger partial charge in [0.1, 0.15) is 5.82 Å². The Labute approximate surface area is 89.2 Å². The molecule has 1 rings (SSSR count). The number of anilines is 1. The van der Waals surface area contributed by atoms with Crippen LogP contribution >= 0.6 is 0 Å². The van der Waals surface area contributed by atoms with Gasteiger partial charge in [-0.1, -0.05) is 6.92 Å². The number of aryl methyl sites for hydroxylation is 1. The van der Waals surface area contributed by atoms with E-state index in [-0.39, 0.29) is 5.82 Å². The predicted octanol–water partition coefficient (Wildman–Crippen LogP) is 2.27. The Morgan fingerprint density at radius 3 is 2.87 bits per heavy atom. The number of hydrogen-bond acceptors (Lipinski definition) is 1. The molecule has 0 aliphatic rings. The molecule has 0 aliphatic heterocycles. The van der Waals surface area contributed by atoms with Crippen LogP contribution in [-0.4, -0.2) is 12.5 Å². The van der Waals surface area contributed by atoms with Crippen LogP contribution < -0.4 is 11.1 Å². The van der Waals surface area contributed by atoms with Crippen LogP contribution in [0.1, 0.15) is 18.9 Å². The normalized spacial score (nSPS) is 11.5. The summed E-state index contributed by atoms with van der Waals surface area (Å²) < 4.78 is 12.9. The molecule has 0 unspecified atom stereocenters. The van der Waals surface area contributed by atoms with Gasteiger partial charge in [0.2, 0.25) is 0 Å². The highest BCUT2D eigenvalue weighted by Gasteiger charge is 1.99. The van der Waals surface area contributed by atoms with Crippen LogP contribution in [0.15, 0.2) is 23.2 Å². The molecular formula is C11H16FN3. The highest BCUT2D eigenvalue weighted by Crippen LogP contribution is 2.13. The zero-order valence-corrected chi connectivity index (χ0v) is 9.05. The molecular weight excluding hydrogens is 193 g/mol. The fourth-order valence-corrected chi connectivity index (χ4v) is 1.14. The third-order valence-electron chi connectivity index (χ3n) is 1.94. The van der Waals surface area contributed by atoms with E-state index in [1.165, 1.54) is 6.07 Å². The van der Waals surface area contributed by atoms with Crippen LogP contribution in [0.2, 0.25) is 0 Å². The van der Waals surface area contributed by atoms with E-state index in [1.54, 1.807) is 19.1 Å². The summed E-state index contributed by atoms with van der Waals surface area (Å²) in [6, 6.07) is 4.74. The lowest BCUT2D eigenvalue weighted by atomic mass is 10.2. The molecule has 15 heavy (non-hydrogen) atoms. The number of aliphatic imine (C=N–C) groups is 1. The average molecular weight is 209 g/mol. The molecule has 0 aromatic heterocycles. The molecule has 4 heteroatoms. The smallest absolute Gasteiger partial charge is 0.193 e. The first-order valence-electron chi connectivity index (χ1n) is 4.96. The molecule has 0 radical (unpaired) electrons. The van der Waals surface area contributed by atoms with Crippen molar-refractivity contribution in [1.82, 2.24) is 0 Å². The molecule has 0 bridgehead atoms. The van der Waals surface area contributed by atoms with Crippen LogP contribution in [0.4, 0.5) is 10.1 Å². The molecule has 82 valence electrons. The number of rotatable bonds is 3. The third kappa shape index (κ3) is 3.58.